The van der Waals surface area contributed by atoms with Gasteiger partial charge in [-0.3, -0.25) is 14.5 Å². The van der Waals surface area contributed by atoms with Crippen LogP contribution in [-0.4, -0.2) is 23.4 Å². The van der Waals surface area contributed by atoms with Crippen LogP contribution < -0.4 is 9.64 Å². The number of rotatable bonds is 8. The highest BCUT2D eigenvalue weighted by molar-refractivity contribution is 6.52. The second kappa shape index (κ2) is 11.2. The van der Waals surface area contributed by atoms with Crippen molar-refractivity contribution in [3.05, 3.63) is 99.0 Å². The Morgan fingerprint density at radius 3 is 2.31 bits per heavy atom. The Morgan fingerprint density at radius 1 is 0.972 bits per heavy atom. The smallest absolute Gasteiger partial charge is 0.300 e. The number of aliphatic hydroxyl groups is 1. The Balaban J connectivity index is 1.78. The number of hydrogen-bond donors (Lipinski definition) is 1. The molecule has 0 aliphatic carbocycles. The van der Waals surface area contributed by atoms with Gasteiger partial charge in [-0.25, -0.2) is 0 Å². The molecule has 3 aromatic carbocycles. The van der Waals surface area contributed by atoms with Gasteiger partial charge in [0.05, 0.1) is 18.2 Å². The van der Waals surface area contributed by atoms with Crippen molar-refractivity contribution in [1.82, 2.24) is 0 Å². The number of carbonyl (C=O) groups excluding carboxylic acids is 2. The molecule has 1 aliphatic heterocycles. The summed E-state index contributed by atoms with van der Waals surface area (Å²) >= 11 is 12.4. The first kappa shape index (κ1) is 25.8. The molecule has 1 atom stereocenters. The molecular formula is C29H27Cl2NO4. The molecule has 1 unspecified atom stereocenters. The van der Waals surface area contributed by atoms with E-state index in [2.05, 4.69) is 6.92 Å². The minimum absolute atomic E-state index is 0.00156. The zero-order chi connectivity index (χ0) is 25.8. The van der Waals surface area contributed by atoms with Gasteiger partial charge < -0.3 is 9.84 Å². The monoisotopic (exact) mass is 523 g/mol. The maximum absolute atomic E-state index is 13.3. The largest absolute Gasteiger partial charge is 0.507 e. The number of Topliss-reactive ketones (excluding diaryl/α,β-unsaturated/α-hetero) is 1. The molecule has 1 aliphatic rings. The minimum atomic E-state index is -0.857. The lowest BCUT2D eigenvalue weighted by atomic mass is 9.94. The van der Waals surface area contributed by atoms with Crippen LogP contribution in [0.4, 0.5) is 5.69 Å². The first-order valence-corrected chi connectivity index (χ1v) is 12.6. The van der Waals surface area contributed by atoms with E-state index in [1.54, 1.807) is 42.5 Å². The van der Waals surface area contributed by atoms with E-state index in [4.69, 9.17) is 27.9 Å². The first-order chi connectivity index (χ1) is 17.3. The second-order valence-electron chi connectivity index (χ2n) is 8.79. The van der Waals surface area contributed by atoms with Crippen LogP contribution in [0.25, 0.3) is 5.76 Å². The van der Waals surface area contributed by atoms with Gasteiger partial charge in [0.1, 0.15) is 11.5 Å². The van der Waals surface area contributed by atoms with Crippen LogP contribution in [-0.2, 0) is 9.59 Å². The van der Waals surface area contributed by atoms with Crippen molar-refractivity contribution in [1.29, 1.82) is 0 Å². The summed E-state index contributed by atoms with van der Waals surface area (Å²) in [6, 6.07) is 18.2. The quantitative estimate of drug-likeness (QED) is 0.143. The molecule has 3 aromatic rings. The Kier molecular flexibility index (Phi) is 8.02. The van der Waals surface area contributed by atoms with Crippen LogP contribution in [0.2, 0.25) is 10.0 Å². The topological polar surface area (TPSA) is 66.8 Å². The minimum Gasteiger partial charge on any atom is -0.507 e. The van der Waals surface area contributed by atoms with Crippen LogP contribution in [0.15, 0.2) is 72.3 Å². The summed E-state index contributed by atoms with van der Waals surface area (Å²) in [5, 5.41) is 12.0. The summed E-state index contributed by atoms with van der Waals surface area (Å²) < 4.78 is 5.76. The standard InChI is InChI=1S/C29H27Cl2NO4/c1-3-4-5-13-36-24-11-9-19(10-12-24)27(33)25-26(20-8-6-7-18(2)14-20)32(29(35)28(25)34)23-16-21(30)15-22(31)17-23/h6-12,14-17,26,33H,3-5,13H2,1-2H3/b27-25+. The average Bonchev–Trinajstić information content (AvgIpc) is 3.11. The van der Waals surface area contributed by atoms with Crippen LogP contribution >= 0.6 is 23.2 Å². The molecule has 7 heteroatoms. The Bertz CT molecular complexity index is 1300. The number of halogens is 2. The molecule has 0 bridgehead atoms. The molecule has 186 valence electrons. The fourth-order valence-corrected chi connectivity index (χ4v) is 4.85. The highest BCUT2D eigenvalue weighted by Crippen LogP contribution is 2.43. The number of anilines is 1. The van der Waals surface area contributed by atoms with E-state index < -0.39 is 17.7 Å². The first-order valence-electron chi connectivity index (χ1n) is 11.9. The molecule has 1 fully saturated rings. The van der Waals surface area contributed by atoms with Crippen LogP contribution in [0, 0.1) is 6.92 Å². The molecule has 0 saturated carbocycles. The fraction of sp³-hybridized carbons (Fsp3) is 0.241. The molecule has 4 rings (SSSR count). The summed E-state index contributed by atoms with van der Waals surface area (Å²) in [5.41, 5.74) is 2.42. The number of benzene rings is 3. The van der Waals surface area contributed by atoms with Crippen molar-refractivity contribution in [3.8, 4) is 5.75 Å². The number of ether oxygens (including phenoxy) is 1. The molecular weight excluding hydrogens is 497 g/mol. The summed E-state index contributed by atoms with van der Waals surface area (Å²) in [7, 11) is 0. The van der Waals surface area contributed by atoms with E-state index in [1.165, 1.54) is 4.90 Å². The lowest BCUT2D eigenvalue weighted by molar-refractivity contribution is -0.132. The van der Waals surface area contributed by atoms with Gasteiger partial charge in [0.15, 0.2) is 0 Å². The van der Waals surface area contributed by atoms with Crippen molar-refractivity contribution in [2.75, 3.05) is 11.5 Å². The molecule has 0 spiro atoms. The van der Waals surface area contributed by atoms with Crippen molar-refractivity contribution in [2.45, 2.75) is 39.2 Å². The molecule has 0 radical (unpaired) electrons. The van der Waals surface area contributed by atoms with Crippen molar-refractivity contribution < 1.29 is 19.4 Å². The number of aryl methyl sites for hydroxylation is 1. The average molecular weight is 524 g/mol. The van der Waals surface area contributed by atoms with E-state index in [0.717, 1.165) is 24.8 Å². The van der Waals surface area contributed by atoms with Gasteiger partial charge in [0.2, 0.25) is 0 Å². The van der Waals surface area contributed by atoms with Crippen molar-refractivity contribution >= 4 is 46.3 Å². The fourth-order valence-electron chi connectivity index (χ4n) is 4.34. The predicted molar refractivity (Wildman–Crippen MR) is 144 cm³/mol. The van der Waals surface area contributed by atoms with Crippen LogP contribution in [0.5, 0.6) is 5.75 Å². The summed E-state index contributed by atoms with van der Waals surface area (Å²) in [6.45, 7) is 4.66. The third kappa shape index (κ3) is 5.43. The molecule has 0 aromatic heterocycles. The summed E-state index contributed by atoms with van der Waals surface area (Å²) in [4.78, 5) is 27.9. The number of aliphatic hydroxyl groups excluding tert-OH is 1. The molecule has 1 saturated heterocycles. The second-order valence-corrected chi connectivity index (χ2v) is 9.66. The van der Waals surface area contributed by atoms with Gasteiger partial charge in [-0.2, -0.15) is 0 Å². The van der Waals surface area contributed by atoms with Gasteiger partial charge in [-0.15, -0.1) is 0 Å². The zero-order valence-electron chi connectivity index (χ0n) is 20.1. The molecule has 5 nitrogen and oxygen atoms in total. The third-order valence-corrected chi connectivity index (χ3v) is 6.51. The van der Waals surface area contributed by atoms with E-state index in [-0.39, 0.29) is 11.3 Å². The van der Waals surface area contributed by atoms with Gasteiger partial charge in [-0.1, -0.05) is 72.8 Å². The maximum Gasteiger partial charge on any atom is 0.300 e. The summed E-state index contributed by atoms with van der Waals surface area (Å²) in [6.07, 6.45) is 3.17. The maximum atomic E-state index is 13.3. The SMILES string of the molecule is CCCCCOc1ccc(/C(O)=C2\C(=O)C(=O)N(c3cc(Cl)cc(Cl)c3)C2c2cccc(C)c2)cc1. The number of hydrogen-bond acceptors (Lipinski definition) is 4. The highest BCUT2D eigenvalue weighted by Gasteiger charge is 2.47. The number of carbonyl (C=O) groups is 2. The van der Waals surface area contributed by atoms with Crippen LogP contribution in [0.1, 0.15) is 48.9 Å². The number of ketones is 1. The van der Waals surface area contributed by atoms with Crippen molar-refractivity contribution in [2.24, 2.45) is 0 Å². The predicted octanol–water partition coefficient (Wildman–Crippen LogP) is 7.50. The highest BCUT2D eigenvalue weighted by atomic mass is 35.5. The number of nitrogens with zero attached hydrogens (tertiary/aromatic N) is 1. The third-order valence-electron chi connectivity index (χ3n) is 6.07. The van der Waals surface area contributed by atoms with E-state index >= 15 is 0 Å². The lowest BCUT2D eigenvalue weighted by Crippen LogP contribution is -2.29. The Labute approximate surface area is 220 Å². The van der Waals surface area contributed by atoms with Gasteiger partial charge in [-0.05, 0) is 61.4 Å². The van der Waals surface area contributed by atoms with Crippen molar-refractivity contribution in [3.63, 3.8) is 0 Å². The lowest BCUT2D eigenvalue weighted by Gasteiger charge is -2.26. The summed E-state index contributed by atoms with van der Waals surface area (Å²) in [5.74, 6) is -1.13. The van der Waals surface area contributed by atoms with E-state index in [9.17, 15) is 14.7 Å². The number of unbranched alkanes of at least 4 members (excludes halogenated alkanes) is 2. The Hall–Kier alpha value is -3.28. The van der Waals surface area contributed by atoms with Gasteiger partial charge in [0.25, 0.3) is 11.7 Å². The Morgan fingerprint density at radius 2 is 1.67 bits per heavy atom. The molecule has 36 heavy (non-hydrogen) atoms. The zero-order valence-corrected chi connectivity index (χ0v) is 21.6. The number of amides is 1. The van der Waals surface area contributed by atoms with Crippen LogP contribution in [0.3, 0.4) is 0 Å². The molecule has 1 amide bonds. The molecule has 1 heterocycles. The van der Waals surface area contributed by atoms with Gasteiger partial charge in [0, 0.05) is 21.3 Å². The normalized spacial score (nSPS) is 17.0. The van der Waals surface area contributed by atoms with Gasteiger partial charge >= 0.3 is 0 Å². The van der Waals surface area contributed by atoms with E-state index in [1.807, 2.05) is 31.2 Å². The van der Waals surface area contributed by atoms with E-state index in [0.29, 0.717) is 39.2 Å². The molecule has 1 N–H and O–H groups in total.